The largest absolute Gasteiger partial charge is 0.337 e. The van der Waals surface area contributed by atoms with E-state index >= 15 is 0 Å². The minimum atomic E-state index is 0.591. The van der Waals surface area contributed by atoms with Crippen LogP contribution in [0.1, 0.15) is 44.2 Å². The van der Waals surface area contributed by atoms with Gasteiger partial charge in [0.2, 0.25) is 5.95 Å². The summed E-state index contributed by atoms with van der Waals surface area (Å²) in [5.41, 5.74) is 1.15. The van der Waals surface area contributed by atoms with Gasteiger partial charge in [0.15, 0.2) is 0 Å². The van der Waals surface area contributed by atoms with Crippen molar-refractivity contribution in [3.63, 3.8) is 0 Å². The smallest absolute Gasteiger partial charge is 0.245 e. The molecule has 1 saturated heterocycles. The molecule has 1 saturated carbocycles. The number of nitrogens with zero attached hydrogens (tertiary/aromatic N) is 4. The van der Waals surface area contributed by atoms with Crippen LogP contribution < -0.4 is 10.2 Å². The molecular formula is C14H23N5. The lowest BCUT2D eigenvalue weighted by Gasteiger charge is -2.29. The van der Waals surface area contributed by atoms with Gasteiger partial charge in [0, 0.05) is 32.1 Å². The molecule has 0 unspecified atom stereocenters. The number of anilines is 1. The molecule has 0 spiro atoms. The van der Waals surface area contributed by atoms with Crippen LogP contribution in [-0.2, 0) is 0 Å². The van der Waals surface area contributed by atoms with Crippen molar-refractivity contribution in [3.05, 3.63) is 11.9 Å². The van der Waals surface area contributed by atoms with E-state index in [0.29, 0.717) is 5.92 Å². The maximum Gasteiger partial charge on any atom is 0.245 e. The molecule has 0 aromatic carbocycles. The molecule has 2 heterocycles. The Kier molecular flexibility index (Phi) is 3.92. The summed E-state index contributed by atoms with van der Waals surface area (Å²) in [6, 6.07) is 0. The highest BCUT2D eigenvalue weighted by Crippen LogP contribution is 2.34. The molecule has 1 N–H and O–H groups in total. The van der Waals surface area contributed by atoms with Crippen molar-refractivity contribution in [2.75, 3.05) is 31.1 Å². The fourth-order valence-electron chi connectivity index (χ4n) is 3.06. The van der Waals surface area contributed by atoms with Gasteiger partial charge in [-0.05, 0) is 18.8 Å². The van der Waals surface area contributed by atoms with Gasteiger partial charge in [0.1, 0.15) is 0 Å². The van der Waals surface area contributed by atoms with Gasteiger partial charge in [0.25, 0.3) is 0 Å². The van der Waals surface area contributed by atoms with E-state index in [1.165, 1.54) is 25.7 Å². The van der Waals surface area contributed by atoms with Gasteiger partial charge >= 0.3 is 0 Å². The first-order valence-electron chi connectivity index (χ1n) is 7.48. The number of piperazine rings is 1. The van der Waals surface area contributed by atoms with Crippen LogP contribution in [0.15, 0.2) is 6.20 Å². The molecule has 5 heteroatoms. The molecule has 1 aromatic rings. The van der Waals surface area contributed by atoms with Crippen molar-refractivity contribution in [1.29, 1.82) is 0 Å². The Balaban J connectivity index is 1.72. The topological polar surface area (TPSA) is 53.9 Å². The number of nitrogens with one attached hydrogen (secondary N) is 1. The van der Waals surface area contributed by atoms with E-state index in [9.17, 15) is 0 Å². The minimum Gasteiger partial charge on any atom is -0.337 e. The quantitative estimate of drug-likeness (QED) is 0.876. The summed E-state index contributed by atoms with van der Waals surface area (Å²) in [5, 5.41) is 11.7. The molecule has 104 valence electrons. The molecule has 2 aliphatic rings. The summed E-state index contributed by atoms with van der Waals surface area (Å²) in [4.78, 5) is 7.00. The van der Waals surface area contributed by atoms with Crippen LogP contribution in [-0.4, -0.2) is 41.4 Å². The second kappa shape index (κ2) is 5.82. The number of aromatic nitrogens is 3. The maximum absolute atomic E-state index is 4.77. The molecule has 1 aromatic heterocycles. The highest BCUT2D eigenvalue weighted by Gasteiger charge is 2.22. The summed E-state index contributed by atoms with van der Waals surface area (Å²) in [7, 11) is 0. The highest BCUT2D eigenvalue weighted by molar-refractivity contribution is 5.30. The van der Waals surface area contributed by atoms with Crippen LogP contribution >= 0.6 is 0 Å². The lowest BCUT2D eigenvalue weighted by atomic mass is 9.81. The fraction of sp³-hybridized carbons (Fsp3) is 0.786. The molecule has 3 rings (SSSR count). The average molecular weight is 261 g/mol. The summed E-state index contributed by atoms with van der Waals surface area (Å²) in [6.45, 7) is 6.32. The summed E-state index contributed by atoms with van der Waals surface area (Å²) < 4.78 is 0. The van der Waals surface area contributed by atoms with Crippen LogP contribution in [0.3, 0.4) is 0 Å². The van der Waals surface area contributed by atoms with Crippen molar-refractivity contribution in [3.8, 4) is 0 Å². The van der Waals surface area contributed by atoms with Gasteiger partial charge < -0.3 is 10.2 Å². The predicted molar refractivity (Wildman–Crippen MR) is 75.3 cm³/mol. The first kappa shape index (κ1) is 12.8. The van der Waals surface area contributed by atoms with E-state index in [0.717, 1.165) is 43.7 Å². The van der Waals surface area contributed by atoms with Gasteiger partial charge in [-0.15, -0.1) is 5.10 Å². The molecule has 0 bridgehead atoms. The predicted octanol–water partition coefficient (Wildman–Crippen LogP) is 1.57. The Morgan fingerprint density at radius 3 is 2.63 bits per heavy atom. The molecule has 0 amide bonds. The van der Waals surface area contributed by atoms with Crippen molar-refractivity contribution in [2.45, 2.75) is 38.5 Å². The zero-order chi connectivity index (χ0) is 13.1. The molecular weight excluding hydrogens is 238 g/mol. The molecule has 19 heavy (non-hydrogen) atoms. The van der Waals surface area contributed by atoms with Crippen LogP contribution in [0, 0.1) is 5.92 Å². The first-order chi connectivity index (χ1) is 9.33. The van der Waals surface area contributed by atoms with Crippen LogP contribution in [0.5, 0.6) is 0 Å². The standard InChI is InChI=1S/C14H23N5/c1-11-2-4-12(5-3-11)13-10-16-18-14(17-13)19-8-6-15-7-9-19/h10-12,15H,2-9H2,1H3. The summed E-state index contributed by atoms with van der Waals surface area (Å²) in [5.74, 6) is 2.28. The molecule has 5 nitrogen and oxygen atoms in total. The van der Waals surface area contributed by atoms with Crippen molar-refractivity contribution in [2.24, 2.45) is 5.92 Å². The van der Waals surface area contributed by atoms with Gasteiger partial charge in [-0.2, -0.15) is 5.10 Å². The van der Waals surface area contributed by atoms with Crippen molar-refractivity contribution in [1.82, 2.24) is 20.5 Å². The van der Waals surface area contributed by atoms with E-state index in [2.05, 4.69) is 27.3 Å². The Bertz CT molecular complexity index is 408. The number of rotatable bonds is 2. The normalized spacial score (nSPS) is 28.4. The Labute approximate surface area is 114 Å². The molecule has 1 aliphatic heterocycles. The van der Waals surface area contributed by atoms with E-state index in [1.807, 2.05) is 6.20 Å². The first-order valence-corrected chi connectivity index (χ1v) is 7.48. The van der Waals surface area contributed by atoms with Crippen molar-refractivity contribution < 1.29 is 0 Å². The van der Waals surface area contributed by atoms with Crippen LogP contribution in [0.2, 0.25) is 0 Å². The molecule has 2 fully saturated rings. The lowest BCUT2D eigenvalue weighted by Crippen LogP contribution is -2.44. The van der Waals surface area contributed by atoms with E-state index < -0.39 is 0 Å². The Morgan fingerprint density at radius 2 is 1.89 bits per heavy atom. The second-order valence-corrected chi connectivity index (χ2v) is 5.88. The van der Waals surface area contributed by atoms with Gasteiger partial charge in [-0.25, -0.2) is 4.98 Å². The zero-order valence-corrected chi connectivity index (χ0v) is 11.7. The SMILES string of the molecule is CC1CCC(c2cnnc(N3CCNCC3)n2)CC1. The van der Waals surface area contributed by atoms with Crippen molar-refractivity contribution >= 4 is 5.95 Å². The third kappa shape index (κ3) is 3.03. The monoisotopic (exact) mass is 261 g/mol. The maximum atomic E-state index is 4.77. The van der Waals surface area contributed by atoms with Crippen LogP contribution in [0.25, 0.3) is 0 Å². The Morgan fingerprint density at radius 1 is 1.16 bits per heavy atom. The summed E-state index contributed by atoms with van der Waals surface area (Å²) >= 11 is 0. The van der Waals surface area contributed by atoms with E-state index in [1.54, 1.807) is 0 Å². The van der Waals surface area contributed by atoms with Gasteiger partial charge in [0.05, 0.1) is 11.9 Å². The minimum absolute atomic E-state index is 0.591. The molecule has 0 radical (unpaired) electrons. The van der Waals surface area contributed by atoms with E-state index in [4.69, 9.17) is 4.98 Å². The second-order valence-electron chi connectivity index (χ2n) is 5.88. The Hall–Kier alpha value is -1.23. The van der Waals surface area contributed by atoms with Gasteiger partial charge in [-0.1, -0.05) is 19.8 Å². The van der Waals surface area contributed by atoms with E-state index in [-0.39, 0.29) is 0 Å². The third-order valence-corrected chi connectivity index (χ3v) is 4.40. The summed E-state index contributed by atoms with van der Waals surface area (Å²) in [6.07, 6.45) is 7.00. The van der Waals surface area contributed by atoms with Gasteiger partial charge in [-0.3, -0.25) is 0 Å². The lowest BCUT2D eigenvalue weighted by molar-refractivity contribution is 0.343. The highest BCUT2D eigenvalue weighted by atomic mass is 15.3. The molecule has 0 atom stereocenters. The molecule has 1 aliphatic carbocycles. The van der Waals surface area contributed by atoms with Crippen LogP contribution in [0.4, 0.5) is 5.95 Å². The number of hydrogen-bond acceptors (Lipinski definition) is 5. The number of hydrogen-bond donors (Lipinski definition) is 1. The fourth-order valence-corrected chi connectivity index (χ4v) is 3.06. The third-order valence-electron chi connectivity index (χ3n) is 4.40. The zero-order valence-electron chi connectivity index (χ0n) is 11.7. The average Bonchev–Trinajstić information content (AvgIpc) is 2.49.